The summed E-state index contributed by atoms with van der Waals surface area (Å²) in [5, 5.41) is 2.08. The van der Waals surface area contributed by atoms with Crippen molar-refractivity contribution in [2.45, 2.75) is 0 Å². The number of carbonyl (C=O) groups is 2. The molecule has 0 aliphatic heterocycles. The zero-order valence-electron chi connectivity index (χ0n) is 12.6. The molecule has 0 unspecified atom stereocenters. The van der Waals surface area contributed by atoms with Crippen LogP contribution in [0.25, 0.3) is 6.08 Å². The summed E-state index contributed by atoms with van der Waals surface area (Å²) in [5.41, 5.74) is -0.508. The number of carbonyl (C=O) groups excluding carboxylic acids is 2. The minimum atomic E-state index is -1.68. The summed E-state index contributed by atoms with van der Waals surface area (Å²) in [6, 6.07) is 4.87. The highest BCUT2D eigenvalue weighted by atomic mass is 19.2. The third kappa shape index (κ3) is 4.25. The van der Waals surface area contributed by atoms with Gasteiger partial charge in [0.1, 0.15) is 5.76 Å². The van der Waals surface area contributed by atoms with E-state index >= 15 is 0 Å². The average Bonchev–Trinajstić information content (AvgIpc) is 3.06. The lowest BCUT2D eigenvalue weighted by Gasteiger charge is -2.15. The largest absolute Gasteiger partial charge is 0.465 e. The monoisotopic (exact) mass is 338 g/mol. The molecule has 8 heteroatoms. The first-order chi connectivity index (χ1) is 11.4. The summed E-state index contributed by atoms with van der Waals surface area (Å²) in [6.45, 7) is -0.403. The Hall–Kier alpha value is -3.03. The first-order valence-corrected chi connectivity index (χ1v) is 6.78. The number of nitrogens with one attached hydrogen (secondary N) is 1. The van der Waals surface area contributed by atoms with Gasteiger partial charge in [-0.05, 0) is 30.3 Å². The van der Waals surface area contributed by atoms with Crippen LogP contribution in [0.1, 0.15) is 5.76 Å². The van der Waals surface area contributed by atoms with E-state index in [0.717, 1.165) is 11.0 Å². The molecule has 0 fully saturated rings. The number of likely N-dealkylation sites (N-methyl/N-ethyl adjacent to an activating group) is 1. The zero-order valence-corrected chi connectivity index (χ0v) is 12.6. The van der Waals surface area contributed by atoms with Crippen LogP contribution in [0.2, 0.25) is 0 Å². The molecule has 0 spiro atoms. The summed E-state index contributed by atoms with van der Waals surface area (Å²) in [4.78, 5) is 24.7. The second-order valence-corrected chi connectivity index (χ2v) is 4.81. The van der Waals surface area contributed by atoms with Crippen LogP contribution in [0.15, 0.2) is 41.0 Å². The third-order valence-electron chi connectivity index (χ3n) is 3.00. The molecule has 2 amide bonds. The van der Waals surface area contributed by atoms with Crippen molar-refractivity contribution in [1.82, 2.24) is 4.90 Å². The van der Waals surface area contributed by atoms with E-state index in [-0.39, 0.29) is 0 Å². The molecule has 2 rings (SSSR count). The maximum Gasteiger partial charge on any atom is 0.246 e. The Kier molecular flexibility index (Phi) is 5.41. The molecule has 0 radical (unpaired) electrons. The van der Waals surface area contributed by atoms with Crippen molar-refractivity contribution >= 4 is 23.6 Å². The molecular formula is C16H13F3N2O3. The van der Waals surface area contributed by atoms with Gasteiger partial charge in [-0.3, -0.25) is 9.59 Å². The average molecular weight is 338 g/mol. The Balaban J connectivity index is 1.94. The number of hydrogen-bond acceptors (Lipinski definition) is 3. The van der Waals surface area contributed by atoms with Crippen LogP contribution in [-0.4, -0.2) is 30.3 Å². The zero-order chi connectivity index (χ0) is 17.7. The predicted octanol–water partition coefficient (Wildman–Crippen LogP) is 2.81. The highest BCUT2D eigenvalue weighted by molar-refractivity contribution is 5.97. The topological polar surface area (TPSA) is 62.6 Å². The van der Waals surface area contributed by atoms with Crippen LogP contribution < -0.4 is 5.32 Å². The molecule has 5 nitrogen and oxygen atoms in total. The molecule has 0 saturated heterocycles. The predicted molar refractivity (Wildman–Crippen MR) is 80.3 cm³/mol. The molecule has 24 heavy (non-hydrogen) atoms. The van der Waals surface area contributed by atoms with Crippen molar-refractivity contribution < 1.29 is 27.2 Å². The second kappa shape index (κ2) is 7.49. The normalized spacial score (nSPS) is 10.8. The fourth-order valence-electron chi connectivity index (χ4n) is 1.77. The SMILES string of the molecule is CN(CC(=O)Nc1ccc(F)c(F)c1F)C(=O)/C=C/c1ccco1. The molecule has 126 valence electrons. The van der Waals surface area contributed by atoms with Gasteiger partial charge >= 0.3 is 0 Å². The molecule has 1 aromatic carbocycles. The lowest BCUT2D eigenvalue weighted by Crippen LogP contribution is -2.34. The fraction of sp³-hybridized carbons (Fsp3) is 0.125. The van der Waals surface area contributed by atoms with Gasteiger partial charge in [0.05, 0.1) is 18.5 Å². The molecule has 0 atom stereocenters. The molecule has 1 heterocycles. The summed E-state index contributed by atoms with van der Waals surface area (Å²) >= 11 is 0. The van der Waals surface area contributed by atoms with Gasteiger partial charge in [0, 0.05) is 13.1 Å². The van der Waals surface area contributed by atoms with Gasteiger partial charge in [-0.25, -0.2) is 13.2 Å². The quantitative estimate of drug-likeness (QED) is 0.674. The second-order valence-electron chi connectivity index (χ2n) is 4.81. The highest BCUT2D eigenvalue weighted by Crippen LogP contribution is 2.19. The van der Waals surface area contributed by atoms with Gasteiger partial charge in [0.2, 0.25) is 11.8 Å². The number of anilines is 1. The van der Waals surface area contributed by atoms with Crippen molar-refractivity contribution in [3.8, 4) is 0 Å². The van der Waals surface area contributed by atoms with Gasteiger partial charge in [-0.2, -0.15) is 0 Å². The molecule has 2 aromatic rings. The number of furan rings is 1. The summed E-state index contributed by atoms with van der Waals surface area (Å²) in [6.07, 6.45) is 4.06. The number of halogens is 3. The van der Waals surface area contributed by atoms with E-state index in [2.05, 4.69) is 5.32 Å². The summed E-state index contributed by atoms with van der Waals surface area (Å²) in [5.74, 6) is -5.34. The van der Waals surface area contributed by atoms with Gasteiger partial charge < -0.3 is 14.6 Å². The van der Waals surface area contributed by atoms with Crippen LogP contribution >= 0.6 is 0 Å². The highest BCUT2D eigenvalue weighted by Gasteiger charge is 2.17. The van der Waals surface area contributed by atoms with Crippen LogP contribution in [-0.2, 0) is 9.59 Å². The smallest absolute Gasteiger partial charge is 0.246 e. The minimum absolute atomic E-state index is 0.403. The lowest BCUT2D eigenvalue weighted by atomic mass is 10.2. The van der Waals surface area contributed by atoms with Crippen molar-refractivity contribution in [3.63, 3.8) is 0 Å². The molecule has 0 aliphatic carbocycles. The number of benzene rings is 1. The Morgan fingerprint density at radius 1 is 1.21 bits per heavy atom. The molecule has 1 N–H and O–H groups in total. The van der Waals surface area contributed by atoms with E-state index in [1.165, 1.54) is 25.5 Å². The van der Waals surface area contributed by atoms with E-state index in [0.29, 0.717) is 11.8 Å². The van der Waals surface area contributed by atoms with Crippen molar-refractivity contribution in [2.75, 3.05) is 18.9 Å². The first-order valence-electron chi connectivity index (χ1n) is 6.78. The lowest BCUT2D eigenvalue weighted by molar-refractivity contribution is -0.129. The van der Waals surface area contributed by atoms with E-state index in [1.54, 1.807) is 12.1 Å². The Labute approximate surface area is 135 Å². The van der Waals surface area contributed by atoms with Crippen LogP contribution in [0, 0.1) is 17.5 Å². The maximum atomic E-state index is 13.5. The van der Waals surface area contributed by atoms with E-state index in [4.69, 9.17) is 4.42 Å². The van der Waals surface area contributed by atoms with Crippen molar-refractivity contribution in [3.05, 3.63) is 59.8 Å². The van der Waals surface area contributed by atoms with Gasteiger partial charge in [0.15, 0.2) is 17.5 Å². The van der Waals surface area contributed by atoms with Crippen molar-refractivity contribution in [2.24, 2.45) is 0 Å². The van der Waals surface area contributed by atoms with Gasteiger partial charge in [-0.1, -0.05) is 0 Å². The summed E-state index contributed by atoms with van der Waals surface area (Å²) in [7, 11) is 1.36. The Morgan fingerprint density at radius 2 is 1.96 bits per heavy atom. The van der Waals surface area contributed by atoms with Crippen LogP contribution in [0.3, 0.4) is 0 Å². The standard InChI is InChI=1S/C16H13F3N2O3/c1-21(14(23)7-4-10-3-2-8-24-10)9-13(22)20-12-6-5-11(17)15(18)16(12)19/h2-8H,9H2,1H3,(H,20,22)/b7-4+. The number of amides is 2. The van der Waals surface area contributed by atoms with Gasteiger partial charge in [0.25, 0.3) is 0 Å². The van der Waals surface area contributed by atoms with E-state index in [9.17, 15) is 22.8 Å². The molecular weight excluding hydrogens is 325 g/mol. The number of nitrogens with zero attached hydrogens (tertiary/aromatic N) is 1. The molecule has 0 saturated carbocycles. The molecule has 1 aromatic heterocycles. The fourth-order valence-corrected chi connectivity index (χ4v) is 1.77. The van der Waals surface area contributed by atoms with E-state index < -0.39 is 41.5 Å². The maximum absolute atomic E-state index is 13.5. The van der Waals surface area contributed by atoms with Gasteiger partial charge in [-0.15, -0.1) is 0 Å². The first kappa shape index (κ1) is 17.3. The molecule has 0 bridgehead atoms. The number of hydrogen-bond donors (Lipinski definition) is 1. The minimum Gasteiger partial charge on any atom is -0.465 e. The van der Waals surface area contributed by atoms with E-state index in [1.807, 2.05) is 0 Å². The Bertz CT molecular complexity index is 773. The molecule has 0 aliphatic rings. The summed E-state index contributed by atoms with van der Waals surface area (Å²) < 4.78 is 44.4. The van der Waals surface area contributed by atoms with Crippen LogP contribution in [0.4, 0.5) is 18.9 Å². The number of rotatable bonds is 5. The Morgan fingerprint density at radius 3 is 2.62 bits per heavy atom. The third-order valence-corrected chi connectivity index (χ3v) is 3.00. The van der Waals surface area contributed by atoms with Crippen LogP contribution in [0.5, 0.6) is 0 Å². The van der Waals surface area contributed by atoms with Crippen molar-refractivity contribution in [1.29, 1.82) is 0 Å².